The van der Waals surface area contributed by atoms with Gasteiger partial charge in [0.25, 0.3) is 5.91 Å². The molecular weight excluding hydrogens is 242 g/mol. The summed E-state index contributed by atoms with van der Waals surface area (Å²) < 4.78 is 4.83. The zero-order valence-corrected chi connectivity index (χ0v) is 11.8. The summed E-state index contributed by atoms with van der Waals surface area (Å²) >= 11 is 0. The standard InChI is InChI=1S/C15H21NO3/c1-4-12-6-8-13(9-7-12)15(18)16(3)11-10-14(17)19-5-2/h6-9H,4-5,10-11H2,1-3H3. The largest absolute Gasteiger partial charge is 0.466 e. The average Bonchev–Trinajstić information content (AvgIpc) is 2.44. The van der Waals surface area contributed by atoms with Crippen molar-refractivity contribution >= 4 is 11.9 Å². The third-order valence-electron chi connectivity index (χ3n) is 2.91. The first-order valence-electron chi connectivity index (χ1n) is 6.58. The van der Waals surface area contributed by atoms with Crippen LogP contribution >= 0.6 is 0 Å². The van der Waals surface area contributed by atoms with E-state index in [1.807, 2.05) is 24.3 Å². The Morgan fingerprint density at radius 2 is 1.79 bits per heavy atom. The number of nitrogens with zero attached hydrogens (tertiary/aromatic N) is 1. The molecule has 0 spiro atoms. The zero-order chi connectivity index (χ0) is 14.3. The molecule has 1 amide bonds. The Labute approximate surface area is 114 Å². The van der Waals surface area contributed by atoms with Crippen molar-refractivity contribution in [1.29, 1.82) is 0 Å². The highest BCUT2D eigenvalue weighted by Crippen LogP contribution is 2.08. The molecule has 0 aromatic heterocycles. The van der Waals surface area contributed by atoms with Crippen LogP contribution in [0.5, 0.6) is 0 Å². The average molecular weight is 263 g/mol. The lowest BCUT2D eigenvalue weighted by atomic mass is 10.1. The minimum Gasteiger partial charge on any atom is -0.466 e. The maximum atomic E-state index is 12.1. The van der Waals surface area contributed by atoms with Gasteiger partial charge in [0, 0.05) is 19.2 Å². The maximum absolute atomic E-state index is 12.1. The van der Waals surface area contributed by atoms with Gasteiger partial charge in [0.2, 0.25) is 0 Å². The van der Waals surface area contributed by atoms with Gasteiger partial charge in [-0.05, 0) is 31.0 Å². The molecule has 104 valence electrons. The van der Waals surface area contributed by atoms with E-state index in [4.69, 9.17) is 4.74 Å². The Bertz CT molecular complexity index is 426. The quantitative estimate of drug-likeness (QED) is 0.740. The molecule has 0 unspecified atom stereocenters. The first kappa shape index (κ1) is 15.2. The molecule has 0 aliphatic rings. The van der Waals surface area contributed by atoms with Crippen molar-refractivity contribution < 1.29 is 14.3 Å². The van der Waals surface area contributed by atoms with E-state index in [0.717, 1.165) is 6.42 Å². The molecule has 4 nitrogen and oxygen atoms in total. The van der Waals surface area contributed by atoms with Crippen LogP contribution in [0.4, 0.5) is 0 Å². The van der Waals surface area contributed by atoms with E-state index in [9.17, 15) is 9.59 Å². The maximum Gasteiger partial charge on any atom is 0.307 e. The molecule has 0 saturated heterocycles. The van der Waals surface area contributed by atoms with Crippen molar-refractivity contribution in [1.82, 2.24) is 4.90 Å². The van der Waals surface area contributed by atoms with Gasteiger partial charge in [-0.1, -0.05) is 19.1 Å². The highest BCUT2D eigenvalue weighted by molar-refractivity contribution is 5.94. The van der Waals surface area contributed by atoms with Gasteiger partial charge in [-0.15, -0.1) is 0 Å². The molecule has 0 heterocycles. The fourth-order valence-corrected chi connectivity index (χ4v) is 1.70. The molecule has 1 rings (SSSR count). The molecule has 0 saturated carbocycles. The molecule has 1 aromatic rings. The van der Waals surface area contributed by atoms with Gasteiger partial charge < -0.3 is 9.64 Å². The molecule has 0 N–H and O–H groups in total. The van der Waals surface area contributed by atoms with Crippen LogP contribution in [0.1, 0.15) is 36.2 Å². The highest BCUT2D eigenvalue weighted by Gasteiger charge is 2.13. The van der Waals surface area contributed by atoms with Crippen molar-refractivity contribution in [2.75, 3.05) is 20.2 Å². The predicted octanol–water partition coefficient (Wildman–Crippen LogP) is 2.27. The van der Waals surface area contributed by atoms with Gasteiger partial charge >= 0.3 is 5.97 Å². The highest BCUT2D eigenvalue weighted by atomic mass is 16.5. The fourth-order valence-electron chi connectivity index (χ4n) is 1.70. The van der Waals surface area contributed by atoms with Crippen LogP contribution < -0.4 is 0 Å². The van der Waals surface area contributed by atoms with Crippen molar-refractivity contribution in [3.05, 3.63) is 35.4 Å². The number of amides is 1. The summed E-state index contributed by atoms with van der Waals surface area (Å²) in [5.41, 5.74) is 1.84. The summed E-state index contributed by atoms with van der Waals surface area (Å²) in [5.74, 6) is -0.351. The molecule has 0 radical (unpaired) electrons. The Balaban J connectivity index is 2.53. The van der Waals surface area contributed by atoms with E-state index in [2.05, 4.69) is 6.92 Å². The monoisotopic (exact) mass is 263 g/mol. The first-order chi connectivity index (χ1) is 9.08. The molecule has 4 heteroatoms. The lowest BCUT2D eigenvalue weighted by Crippen LogP contribution is -2.29. The Morgan fingerprint density at radius 1 is 1.16 bits per heavy atom. The van der Waals surface area contributed by atoms with E-state index >= 15 is 0 Å². The van der Waals surface area contributed by atoms with E-state index in [0.29, 0.717) is 18.7 Å². The van der Waals surface area contributed by atoms with Gasteiger partial charge in [-0.25, -0.2) is 0 Å². The lowest BCUT2D eigenvalue weighted by Gasteiger charge is -2.16. The van der Waals surface area contributed by atoms with Crippen LogP contribution in [0, 0.1) is 0 Å². The van der Waals surface area contributed by atoms with Crippen LogP contribution in [-0.4, -0.2) is 37.0 Å². The Kier molecular flexibility index (Phi) is 6.06. The van der Waals surface area contributed by atoms with Crippen LogP contribution in [0.3, 0.4) is 0 Å². The van der Waals surface area contributed by atoms with Crippen LogP contribution in [-0.2, 0) is 16.0 Å². The number of ether oxygens (including phenoxy) is 1. The second-order valence-corrected chi connectivity index (χ2v) is 4.33. The van der Waals surface area contributed by atoms with Crippen LogP contribution in [0.25, 0.3) is 0 Å². The van der Waals surface area contributed by atoms with E-state index in [1.54, 1.807) is 14.0 Å². The van der Waals surface area contributed by atoms with Crippen LogP contribution in [0.2, 0.25) is 0 Å². The Hall–Kier alpha value is -1.84. The number of hydrogen-bond acceptors (Lipinski definition) is 3. The van der Waals surface area contributed by atoms with Gasteiger partial charge in [-0.2, -0.15) is 0 Å². The number of esters is 1. The summed E-state index contributed by atoms with van der Waals surface area (Å²) in [6.07, 6.45) is 1.18. The number of carbonyl (C=O) groups excluding carboxylic acids is 2. The van der Waals surface area contributed by atoms with E-state index in [1.165, 1.54) is 10.5 Å². The third-order valence-corrected chi connectivity index (χ3v) is 2.91. The Morgan fingerprint density at radius 3 is 2.32 bits per heavy atom. The first-order valence-corrected chi connectivity index (χ1v) is 6.58. The minimum atomic E-state index is -0.275. The SMILES string of the molecule is CCOC(=O)CCN(C)C(=O)c1ccc(CC)cc1. The predicted molar refractivity (Wildman–Crippen MR) is 74.0 cm³/mol. The number of aryl methyl sites for hydroxylation is 1. The number of carbonyl (C=O) groups is 2. The summed E-state index contributed by atoms with van der Waals surface area (Å²) in [6.45, 7) is 4.58. The number of rotatable bonds is 6. The van der Waals surface area contributed by atoms with Gasteiger partial charge in [0.15, 0.2) is 0 Å². The summed E-state index contributed by atoms with van der Waals surface area (Å²) in [7, 11) is 1.69. The molecular formula is C15H21NO3. The van der Waals surface area contributed by atoms with Crippen molar-refractivity contribution in [3.8, 4) is 0 Å². The molecule has 0 aliphatic heterocycles. The topological polar surface area (TPSA) is 46.6 Å². The lowest BCUT2D eigenvalue weighted by molar-refractivity contribution is -0.143. The number of benzene rings is 1. The molecule has 0 fully saturated rings. The summed E-state index contributed by atoms with van der Waals surface area (Å²) in [4.78, 5) is 24.9. The molecule has 0 bridgehead atoms. The van der Waals surface area contributed by atoms with Gasteiger partial charge in [-0.3, -0.25) is 9.59 Å². The number of hydrogen-bond donors (Lipinski definition) is 0. The smallest absolute Gasteiger partial charge is 0.307 e. The molecule has 0 atom stereocenters. The summed E-state index contributed by atoms with van der Waals surface area (Å²) in [6, 6.07) is 7.54. The molecule has 1 aromatic carbocycles. The minimum absolute atomic E-state index is 0.0769. The van der Waals surface area contributed by atoms with Crippen molar-refractivity contribution in [2.45, 2.75) is 26.7 Å². The second kappa shape index (κ2) is 7.56. The van der Waals surface area contributed by atoms with Crippen LogP contribution in [0.15, 0.2) is 24.3 Å². The second-order valence-electron chi connectivity index (χ2n) is 4.33. The van der Waals surface area contributed by atoms with E-state index in [-0.39, 0.29) is 18.3 Å². The zero-order valence-electron chi connectivity index (χ0n) is 11.8. The third kappa shape index (κ3) is 4.73. The van der Waals surface area contributed by atoms with Gasteiger partial charge in [0.1, 0.15) is 0 Å². The molecule has 19 heavy (non-hydrogen) atoms. The summed E-state index contributed by atoms with van der Waals surface area (Å²) in [5, 5.41) is 0. The van der Waals surface area contributed by atoms with Crippen molar-refractivity contribution in [3.63, 3.8) is 0 Å². The molecule has 0 aliphatic carbocycles. The van der Waals surface area contributed by atoms with Crippen molar-refractivity contribution in [2.24, 2.45) is 0 Å². The van der Waals surface area contributed by atoms with Gasteiger partial charge in [0.05, 0.1) is 13.0 Å². The fraction of sp³-hybridized carbons (Fsp3) is 0.467. The normalized spacial score (nSPS) is 10.1. The van der Waals surface area contributed by atoms with E-state index < -0.39 is 0 Å².